The smallest absolute Gasteiger partial charge is 0.133 e. The van der Waals surface area contributed by atoms with Crippen LogP contribution in [0.5, 0.6) is 5.75 Å². The highest BCUT2D eigenvalue weighted by molar-refractivity contribution is 5.29. The third-order valence-electron chi connectivity index (χ3n) is 1.88. The highest BCUT2D eigenvalue weighted by atomic mass is 16.5. The van der Waals surface area contributed by atoms with Crippen molar-refractivity contribution in [2.24, 2.45) is 0 Å². The molecule has 0 aromatic heterocycles. The second-order valence-corrected chi connectivity index (χ2v) is 3.11. The molecular weight excluding hydrogens is 166 g/mol. The van der Waals surface area contributed by atoms with Gasteiger partial charge in [-0.3, -0.25) is 4.90 Å². The van der Waals surface area contributed by atoms with Crippen molar-refractivity contribution in [1.29, 1.82) is 0 Å². The van der Waals surface area contributed by atoms with Crippen LogP contribution in [0.2, 0.25) is 0 Å². The molecule has 1 rings (SSSR count). The molecule has 1 unspecified atom stereocenters. The zero-order valence-electron chi connectivity index (χ0n) is 8.19. The van der Waals surface area contributed by atoms with Crippen molar-refractivity contribution in [3.63, 3.8) is 0 Å². The molecule has 0 amide bonds. The van der Waals surface area contributed by atoms with E-state index in [1.54, 1.807) is 12.0 Å². The van der Waals surface area contributed by atoms with Crippen LogP contribution in [0, 0.1) is 0 Å². The fourth-order valence-electron chi connectivity index (χ4n) is 1.10. The Morgan fingerprint density at radius 1 is 1.38 bits per heavy atom. The second kappa shape index (κ2) is 4.25. The molecule has 3 nitrogen and oxygen atoms in total. The lowest BCUT2D eigenvalue weighted by atomic mass is 10.2. The lowest BCUT2D eigenvalue weighted by molar-refractivity contribution is 0.0394. The highest BCUT2D eigenvalue weighted by Crippen LogP contribution is 2.19. The minimum Gasteiger partial charge on any atom is -0.497 e. The van der Waals surface area contributed by atoms with Crippen molar-refractivity contribution in [3.8, 4) is 5.75 Å². The quantitative estimate of drug-likeness (QED) is 0.712. The summed E-state index contributed by atoms with van der Waals surface area (Å²) in [6.45, 7) is 0. The van der Waals surface area contributed by atoms with E-state index in [0.29, 0.717) is 0 Å². The molecule has 0 fully saturated rings. The Morgan fingerprint density at radius 2 is 2.08 bits per heavy atom. The van der Waals surface area contributed by atoms with Gasteiger partial charge in [-0.05, 0) is 31.8 Å². The van der Waals surface area contributed by atoms with Gasteiger partial charge in [-0.15, -0.1) is 0 Å². The van der Waals surface area contributed by atoms with Crippen molar-refractivity contribution < 1.29 is 9.84 Å². The lowest BCUT2D eigenvalue weighted by Crippen LogP contribution is -2.19. The molecular formula is C10H15NO2. The summed E-state index contributed by atoms with van der Waals surface area (Å²) in [5, 5.41) is 9.69. The molecule has 0 aliphatic rings. The van der Waals surface area contributed by atoms with Crippen LogP contribution in [0.15, 0.2) is 24.3 Å². The van der Waals surface area contributed by atoms with Gasteiger partial charge in [0, 0.05) is 0 Å². The third-order valence-corrected chi connectivity index (χ3v) is 1.88. The summed E-state index contributed by atoms with van der Waals surface area (Å²) in [4.78, 5) is 1.73. The zero-order valence-corrected chi connectivity index (χ0v) is 8.19. The van der Waals surface area contributed by atoms with Gasteiger partial charge in [0.05, 0.1) is 7.11 Å². The van der Waals surface area contributed by atoms with Gasteiger partial charge in [0.15, 0.2) is 0 Å². The van der Waals surface area contributed by atoms with E-state index in [0.717, 1.165) is 11.3 Å². The van der Waals surface area contributed by atoms with Gasteiger partial charge in [-0.25, -0.2) is 0 Å². The van der Waals surface area contributed by atoms with E-state index in [1.165, 1.54) is 0 Å². The monoisotopic (exact) mass is 181 g/mol. The minimum atomic E-state index is -0.574. The fourth-order valence-corrected chi connectivity index (χ4v) is 1.10. The normalized spacial score (nSPS) is 13.0. The average Bonchev–Trinajstić information content (AvgIpc) is 2.16. The van der Waals surface area contributed by atoms with Crippen LogP contribution in [0.25, 0.3) is 0 Å². The van der Waals surface area contributed by atoms with Gasteiger partial charge in [0.25, 0.3) is 0 Å². The van der Waals surface area contributed by atoms with Crippen molar-refractivity contribution in [1.82, 2.24) is 4.90 Å². The largest absolute Gasteiger partial charge is 0.497 e. The van der Waals surface area contributed by atoms with Crippen molar-refractivity contribution >= 4 is 0 Å². The molecule has 72 valence electrons. The predicted molar refractivity (Wildman–Crippen MR) is 51.6 cm³/mol. The lowest BCUT2D eigenvalue weighted by Gasteiger charge is -2.18. The summed E-state index contributed by atoms with van der Waals surface area (Å²) in [6.07, 6.45) is -0.574. The van der Waals surface area contributed by atoms with Gasteiger partial charge in [0.1, 0.15) is 12.0 Å². The molecule has 0 bridgehead atoms. The Labute approximate surface area is 78.6 Å². The Hall–Kier alpha value is -1.06. The van der Waals surface area contributed by atoms with E-state index < -0.39 is 6.23 Å². The number of nitrogens with zero attached hydrogens (tertiary/aromatic N) is 1. The van der Waals surface area contributed by atoms with Crippen LogP contribution < -0.4 is 4.74 Å². The van der Waals surface area contributed by atoms with Gasteiger partial charge < -0.3 is 9.84 Å². The number of hydrogen-bond donors (Lipinski definition) is 1. The van der Waals surface area contributed by atoms with Crippen LogP contribution >= 0.6 is 0 Å². The van der Waals surface area contributed by atoms with E-state index in [9.17, 15) is 5.11 Å². The topological polar surface area (TPSA) is 32.7 Å². The number of aliphatic hydroxyl groups excluding tert-OH is 1. The molecule has 1 aromatic rings. The molecule has 13 heavy (non-hydrogen) atoms. The molecule has 0 aliphatic heterocycles. The molecule has 0 saturated carbocycles. The summed E-state index contributed by atoms with van der Waals surface area (Å²) in [5.41, 5.74) is 0.837. The first kappa shape index (κ1) is 10.0. The first-order valence-electron chi connectivity index (χ1n) is 4.13. The Bertz CT molecular complexity index is 273. The number of rotatable bonds is 3. The van der Waals surface area contributed by atoms with Crippen LogP contribution in [0.4, 0.5) is 0 Å². The van der Waals surface area contributed by atoms with E-state index in [4.69, 9.17) is 4.74 Å². The van der Waals surface area contributed by atoms with Gasteiger partial charge in [-0.2, -0.15) is 0 Å². The maximum atomic E-state index is 9.69. The first-order chi connectivity index (χ1) is 6.15. The summed E-state index contributed by atoms with van der Waals surface area (Å²) in [5.74, 6) is 0.762. The van der Waals surface area contributed by atoms with E-state index in [-0.39, 0.29) is 0 Å². The van der Waals surface area contributed by atoms with E-state index in [1.807, 2.05) is 38.4 Å². The molecule has 0 spiro atoms. The average molecular weight is 181 g/mol. The van der Waals surface area contributed by atoms with Gasteiger partial charge in [0.2, 0.25) is 0 Å². The van der Waals surface area contributed by atoms with Gasteiger partial charge >= 0.3 is 0 Å². The number of hydrogen-bond acceptors (Lipinski definition) is 3. The van der Waals surface area contributed by atoms with Crippen LogP contribution in [0.1, 0.15) is 11.8 Å². The SMILES string of the molecule is COc1cccc(C(O)N(C)C)c1. The summed E-state index contributed by atoms with van der Waals surface area (Å²) in [6, 6.07) is 7.41. The highest BCUT2D eigenvalue weighted by Gasteiger charge is 2.09. The van der Waals surface area contributed by atoms with Crippen molar-refractivity contribution in [2.75, 3.05) is 21.2 Å². The number of benzene rings is 1. The molecule has 0 radical (unpaired) electrons. The Balaban J connectivity index is 2.88. The Kier molecular flexibility index (Phi) is 3.28. The molecule has 1 N–H and O–H groups in total. The van der Waals surface area contributed by atoms with Crippen LogP contribution in [-0.4, -0.2) is 31.2 Å². The third kappa shape index (κ3) is 2.44. The summed E-state index contributed by atoms with van der Waals surface area (Å²) in [7, 11) is 5.26. The summed E-state index contributed by atoms with van der Waals surface area (Å²) < 4.78 is 5.06. The maximum Gasteiger partial charge on any atom is 0.133 e. The molecule has 1 atom stereocenters. The van der Waals surface area contributed by atoms with Crippen molar-refractivity contribution in [2.45, 2.75) is 6.23 Å². The van der Waals surface area contributed by atoms with Crippen molar-refractivity contribution in [3.05, 3.63) is 29.8 Å². The summed E-state index contributed by atoms with van der Waals surface area (Å²) >= 11 is 0. The van der Waals surface area contributed by atoms with Gasteiger partial charge in [-0.1, -0.05) is 12.1 Å². The Morgan fingerprint density at radius 3 is 2.62 bits per heavy atom. The zero-order chi connectivity index (χ0) is 9.84. The molecule has 1 aromatic carbocycles. The fraction of sp³-hybridized carbons (Fsp3) is 0.400. The number of ether oxygens (including phenoxy) is 1. The van der Waals surface area contributed by atoms with E-state index >= 15 is 0 Å². The van der Waals surface area contributed by atoms with E-state index in [2.05, 4.69) is 0 Å². The number of aliphatic hydroxyl groups is 1. The second-order valence-electron chi connectivity index (χ2n) is 3.11. The predicted octanol–water partition coefficient (Wildman–Crippen LogP) is 1.25. The van der Waals surface area contributed by atoms with Crippen LogP contribution in [-0.2, 0) is 0 Å². The number of methoxy groups -OCH3 is 1. The molecule has 0 saturated heterocycles. The van der Waals surface area contributed by atoms with Crippen LogP contribution in [0.3, 0.4) is 0 Å². The minimum absolute atomic E-state index is 0.574. The molecule has 0 heterocycles. The first-order valence-corrected chi connectivity index (χ1v) is 4.13. The standard InChI is InChI=1S/C10H15NO2/c1-11(2)10(12)8-5-4-6-9(7-8)13-3/h4-7,10,12H,1-3H3. The maximum absolute atomic E-state index is 9.69. The molecule has 3 heteroatoms. The molecule has 0 aliphatic carbocycles.